The van der Waals surface area contributed by atoms with Gasteiger partial charge in [0.1, 0.15) is 15.6 Å². The van der Waals surface area contributed by atoms with Gasteiger partial charge < -0.3 is 9.84 Å². The zero-order valence-electron chi connectivity index (χ0n) is 15.6. The number of sulfone groups is 1. The van der Waals surface area contributed by atoms with Gasteiger partial charge in [0, 0.05) is 18.0 Å². The lowest BCUT2D eigenvalue weighted by Gasteiger charge is -2.11. The van der Waals surface area contributed by atoms with Crippen LogP contribution in [0.1, 0.15) is 23.1 Å². The molecular weight excluding hydrogens is 366 g/mol. The summed E-state index contributed by atoms with van der Waals surface area (Å²) in [4.78, 5) is 4.57. The van der Waals surface area contributed by atoms with Crippen molar-refractivity contribution in [2.24, 2.45) is 0 Å². The largest absolute Gasteiger partial charge is 0.494 e. The van der Waals surface area contributed by atoms with Crippen molar-refractivity contribution in [3.05, 3.63) is 47.2 Å². The number of rotatable bonds is 7. The minimum absolute atomic E-state index is 0.0471. The number of benzene rings is 1. The third-order valence-corrected chi connectivity index (χ3v) is 5.26. The van der Waals surface area contributed by atoms with E-state index in [1.807, 2.05) is 38.1 Å². The third-order valence-electron chi connectivity index (χ3n) is 4.23. The number of aryl methyl sites for hydroxylation is 2. The molecule has 1 N–H and O–H groups in total. The first-order chi connectivity index (χ1) is 12.8. The van der Waals surface area contributed by atoms with Crippen LogP contribution in [-0.2, 0) is 16.4 Å². The minimum atomic E-state index is -2.97. The molecule has 0 radical (unpaired) electrons. The lowest BCUT2D eigenvalue weighted by atomic mass is 10.0. The van der Waals surface area contributed by atoms with Gasteiger partial charge in [0.15, 0.2) is 11.5 Å². The zero-order chi connectivity index (χ0) is 19.6. The van der Waals surface area contributed by atoms with E-state index in [1.165, 1.54) is 6.26 Å². The summed E-state index contributed by atoms with van der Waals surface area (Å²) in [6.45, 7) is 4.24. The number of aliphatic hydroxyl groups excluding tert-OH is 1. The van der Waals surface area contributed by atoms with Gasteiger partial charge >= 0.3 is 0 Å². The number of aliphatic hydroxyl groups is 1. The van der Waals surface area contributed by atoms with E-state index in [9.17, 15) is 13.5 Å². The predicted molar refractivity (Wildman–Crippen MR) is 104 cm³/mol. The second-order valence-corrected chi connectivity index (χ2v) is 8.96. The fraction of sp³-hybridized carbons (Fsp3) is 0.368. The molecule has 27 heavy (non-hydrogen) atoms. The molecule has 0 aliphatic heterocycles. The summed E-state index contributed by atoms with van der Waals surface area (Å²) in [5.41, 5.74) is 4.37. The van der Waals surface area contributed by atoms with Crippen LogP contribution in [0.4, 0.5) is 0 Å². The summed E-state index contributed by atoms with van der Waals surface area (Å²) < 4.78 is 29.7. The Morgan fingerprint density at radius 3 is 2.52 bits per heavy atom. The Kier molecular flexibility index (Phi) is 5.48. The fourth-order valence-electron chi connectivity index (χ4n) is 3.00. The van der Waals surface area contributed by atoms with Gasteiger partial charge in [-0.1, -0.05) is 6.07 Å². The Labute approximate surface area is 158 Å². The Morgan fingerprint density at radius 2 is 1.89 bits per heavy atom. The molecule has 0 aliphatic carbocycles. The van der Waals surface area contributed by atoms with Crippen LogP contribution < -0.4 is 4.74 Å². The number of pyridine rings is 1. The predicted octanol–water partition coefficient (Wildman–Crippen LogP) is 2.32. The monoisotopic (exact) mass is 389 g/mol. The van der Waals surface area contributed by atoms with E-state index in [1.54, 1.807) is 10.7 Å². The van der Waals surface area contributed by atoms with Crippen molar-refractivity contribution in [2.45, 2.75) is 26.9 Å². The molecule has 3 aromatic rings. The highest BCUT2D eigenvalue weighted by molar-refractivity contribution is 7.90. The van der Waals surface area contributed by atoms with Crippen molar-refractivity contribution in [3.8, 4) is 17.1 Å². The molecule has 0 atom stereocenters. The van der Waals surface area contributed by atoms with Gasteiger partial charge in [-0.2, -0.15) is 0 Å². The molecule has 0 amide bonds. The number of hydrogen-bond acceptors (Lipinski definition) is 6. The summed E-state index contributed by atoms with van der Waals surface area (Å²) in [6.07, 6.45) is 3.44. The van der Waals surface area contributed by atoms with Gasteiger partial charge in [-0.05, 0) is 55.2 Å². The quantitative estimate of drug-likeness (QED) is 0.623. The maximum Gasteiger partial charge on any atom is 0.182 e. The second kappa shape index (κ2) is 7.66. The van der Waals surface area contributed by atoms with Gasteiger partial charge in [0.25, 0.3) is 0 Å². The van der Waals surface area contributed by atoms with Gasteiger partial charge in [-0.15, -0.1) is 5.10 Å². The Balaban J connectivity index is 1.82. The maximum atomic E-state index is 11.2. The van der Waals surface area contributed by atoms with Gasteiger partial charge in [0.2, 0.25) is 0 Å². The molecular formula is C19H23N3O4S. The molecule has 144 valence electrons. The first-order valence-corrected chi connectivity index (χ1v) is 10.7. The van der Waals surface area contributed by atoms with Gasteiger partial charge in [-0.25, -0.2) is 17.9 Å². The summed E-state index contributed by atoms with van der Waals surface area (Å²) >= 11 is 0. The molecule has 2 aromatic heterocycles. The van der Waals surface area contributed by atoms with Crippen molar-refractivity contribution in [2.75, 3.05) is 18.6 Å². The molecule has 0 aliphatic rings. The van der Waals surface area contributed by atoms with Crippen molar-refractivity contribution in [1.82, 2.24) is 14.6 Å². The molecule has 7 nitrogen and oxygen atoms in total. The van der Waals surface area contributed by atoms with Crippen molar-refractivity contribution in [1.29, 1.82) is 0 Å². The number of fused-ring (bicyclic) bond motifs is 1. The first kappa shape index (κ1) is 19.3. The van der Waals surface area contributed by atoms with E-state index in [0.29, 0.717) is 30.2 Å². The number of nitrogens with zero attached hydrogens (tertiary/aromatic N) is 3. The third kappa shape index (κ3) is 4.64. The molecule has 0 saturated carbocycles. The smallest absolute Gasteiger partial charge is 0.182 e. The molecule has 0 spiro atoms. The van der Waals surface area contributed by atoms with Crippen LogP contribution in [-0.4, -0.2) is 46.7 Å². The Bertz CT molecular complexity index is 1050. The van der Waals surface area contributed by atoms with E-state index >= 15 is 0 Å². The molecule has 1 aromatic carbocycles. The lowest BCUT2D eigenvalue weighted by molar-refractivity contribution is 0.281. The van der Waals surface area contributed by atoms with Crippen molar-refractivity contribution >= 4 is 15.5 Å². The minimum Gasteiger partial charge on any atom is -0.494 e. The van der Waals surface area contributed by atoms with E-state index in [2.05, 4.69) is 10.1 Å². The first-order valence-electron chi connectivity index (χ1n) is 8.65. The summed E-state index contributed by atoms with van der Waals surface area (Å²) in [5, 5.41) is 13.8. The number of ether oxygens (including phenoxy) is 1. The highest BCUT2D eigenvalue weighted by Gasteiger charge is 2.14. The SMILES string of the molecule is Cc1cc(OCCCS(C)(=O)=O)cc(C)c1-c1nc2ccc(CO)cn2n1. The summed E-state index contributed by atoms with van der Waals surface area (Å²) in [7, 11) is -2.97. The average molecular weight is 389 g/mol. The molecule has 0 bridgehead atoms. The van der Waals surface area contributed by atoms with Gasteiger partial charge in [-0.3, -0.25) is 0 Å². The highest BCUT2D eigenvalue weighted by Crippen LogP contribution is 2.29. The van der Waals surface area contributed by atoms with Crippen LogP contribution in [0.2, 0.25) is 0 Å². The van der Waals surface area contributed by atoms with Crippen molar-refractivity contribution in [3.63, 3.8) is 0 Å². The molecule has 8 heteroatoms. The topological polar surface area (TPSA) is 93.8 Å². The second-order valence-electron chi connectivity index (χ2n) is 6.70. The lowest BCUT2D eigenvalue weighted by Crippen LogP contribution is -2.08. The number of aromatic nitrogens is 3. The summed E-state index contributed by atoms with van der Waals surface area (Å²) in [6, 6.07) is 7.47. The van der Waals surface area contributed by atoms with Gasteiger partial charge in [0.05, 0.1) is 19.0 Å². The highest BCUT2D eigenvalue weighted by atomic mass is 32.2. The van der Waals surface area contributed by atoms with Crippen LogP contribution in [0.5, 0.6) is 5.75 Å². The molecule has 0 unspecified atom stereocenters. The van der Waals surface area contributed by atoms with Crippen LogP contribution in [0.25, 0.3) is 17.0 Å². The van der Waals surface area contributed by atoms with E-state index in [4.69, 9.17) is 4.74 Å². The summed E-state index contributed by atoms with van der Waals surface area (Å²) in [5.74, 6) is 1.43. The van der Waals surface area contributed by atoms with Crippen LogP contribution >= 0.6 is 0 Å². The number of hydrogen-bond donors (Lipinski definition) is 1. The standard InChI is InChI=1S/C19H23N3O4S/c1-13-9-16(26-7-4-8-27(3,24)25)10-14(2)18(13)19-20-17-6-5-15(12-23)11-22(17)21-19/h5-6,9-11,23H,4,7-8,12H2,1-3H3. The van der Waals surface area contributed by atoms with Crippen LogP contribution in [0.15, 0.2) is 30.5 Å². The van der Waals surface area contributed by atoms with Crippen LogP contribution in [0.3, 0.4) is 0 Å². The normalized spacial score (nSPS) is 11.9. The van der Waals surface area contributed by atoms with Crippen molar-refractivity contribution < 1.29 is 18.3 Å². The van der Waals surface area contributed by atoms with Crippen LogP contribution in [0, 0.1) is 13.8 Å². The molecule has 0 saturated heterocycles. The van der Waals surface area contributed by atoms with E-state index < -0.39 is 9.84 Å². The van der Waals surface area contributed by atoms with E-state index in [-0.39, 0.29) is 12.4 Å². The zero-order valence-corrected chi connectivity index (χ0v) is 16.5. The maximum absolute atomic E-state index is 11.2. The molecule has 2 heterocycles. The van der Waals surface area contributed by atoms with E-state index in [0.717, 1.165) is 22.3 Å². The average Bonchev–Trinajstić information content (AvgIpc) is 2.99. The molecule has 3 rings (SSSR count). The fourth-order valence-corrected chi connectivity index (χ4v) is 3.64. The Hall–Kier alpha value is -2.45. The Morgan fingerprint density at radius 1 is 1.19 bits per heavy atom. The molecule has 0 fully saturated rings.